The third-order valence-corrected chi connectivity index (χ3v) is 10.9. The Labute approximate surface area is 281 Å². The number of nitrogens with zero attached hydrogens (tertiary/aromatic N) is 1. The van der Waals surface area contributed by atoms with Crippen LogP contribution in [-0.2, 0) is 30.4 Å². The van der Waals surface area contributed by atoms with Gasteiger partial charge in [-0.25, -0.2) is 0 Å². The van der Waals surface area contributed by atoms with Gasteiger partial charge in [0, 0.05) is 35.7 Å². The SMILES string of the molecule is CC[C@@H]1CSc2[nH]c3ccccc3c2C[C@H](NC(=O)[C@@H](N)[C@@H](C)CC)C(=O)N2CCC[C@H]2C(=O)N[C@@H]([C@@H](C)CC)C(=O)NCC(=O)N1. The van der Waals surface area contributed by atoms with E-state index in [1.807, 2.05) is 58.9 Å². The number of thioether (sulfide) groups is 1. The van der Waals surface area contributed by atoms with Gasteiger partial charge < -0.3 is 36.9 Å². The number of nitrogens with one attached hydrogen (secondary N) is 5. The maximum absolute atomic E-state index is 14.4. The molecule has 7 atom stereocenters. The third kappa shape index (κ3) is 8.67. The number of nitrogens with two attached hydrogens (primary N) is 1. The number of carbonyl (C=O) groups excluding carboxylic acids is 5. The number of hydrogen-bond donors (Lipinski definition) is 6. The van der Waals surface area contributed by atoms with Crippen molar-refractivity contribution in [3.63, 3.8) is 0 Å². The number of H-pyrrole nitrogens is 1. The molecule has 1 aromatic carbocycles. The molecular formula is C34H51N7O5S. The van der Waals surface area contributed by atoms with E-state index in [4.69, 9.17) is 5.73 Å². The minimum Gasteiger partial charge on any atom is -0.351 e. The van der Waals surface area contributed by atoms with E-state index in [2.05, 4.69) is 26.3 Å². The number of rotatable bonds is 7. The van der Waals surface area contributed by atoms with E-state index in [-0.39, 0.29) is 42.7 Å². The van der Waals surface area contributed by atoms with E-state index in [0.717, 1.165) is 21.5 Å². The van der Waals surface area contributed by atoms with Crippen LogP contribution in [0.3, 0.4) is 0 Å². The largest absolute Gasteiger partial charge is 0.351 e. The molecule has 4 rings (SSSR count). The van der Waals surface area contributed by atoms with Gasteiger partial charge in [-0.3, -0.25) is 24.0 Å². The summed E-state index contributed by atoms with van der Waals surface area (Å²) in [5.41, 5.74) is 8.08. The molecule has 1 aromatic heterocycles. The number of fused-ring (bicyclic) bond motifs is 4. The lowest BCUT2D eigenvalue weighted by atomic mass is 9.97. The van der Waals surface area contributed by atoms with Crippen molar-refractivity contribution in [2.24, 2.45) is 17.6 Å². The first-order valence-electron chi connectivity index (χ1n) is 16.9. The van der Waals surface area contributed by atoms with Gasteiger partial charge in [0.2, 0.25) is 29.5 Å². The molecule has 47 heavy (non-hydrogen) atoms. The zero-order chi connectivity index (χ0) is 34.2. The van der Waals surface area contributed by atoms with Gasteiger partial charge in [-0.1, -0.05) is 65.7 Å². The first kappa shape index (κ1) is 36.3. The normalized spacial score (nSPS) is 25.4. The topological polar surface area (TPSA) is 179 Å². The summed E-state index contributed by atoms with van der Waals surface area (Å²) < 4.78 is 0. The Hall–Kier alpha value is -3.58. The number of para-hydroxylation sites is 1. The highest BCUT2D eigenvalue weighted by Crippen LogP contribution is 2.32. The van der Waals surface area contributed by atoms with Crippen molar-refractivity contribution in [2.75, 3.05) is 18.8 Å². The van der Waals surface area contributed by atoms with Crippen LogP contribution in [0, 0.1) is 11.8 Å². The summed E-state index contributed by atoms with van der Waals surface area (Å²) in [6.45, 7) is 9.76. The quantitative estimate of drug-likeness (QED) is 0.262. The minimum atomic E-state index is -0.987. The number of amides is 5. The highest BCUT2D eigenvalue weighted by Gasteiger charge is 2.40. The van der Waals surface area contributed by atoms with Crippen LogP contribution in [0.1, 0.15) is 72.3 Å². The van der Waals surface area contributed by atoms with Crippen LogP contribution in [0.2, 0.25) is 0 Å². The first-order chi connectivity index (χ1) is 22.5. The Kier molecular flexibility index (Phi) is 12.7. The van der Waals surface area contributed by atoms with Crippen LogP contribution in [0.25, 0.3) is 10.9 Å². The number of aromatic amines is 1. The summed E-state index contributed by atoms with van der Waals surface area (Å²) in [4.78, 5) is 72.9. The number of carbonyl (C=O) groups is 5. The molecule has 2 aromatic rings. The Morgan fingerprint density at radius 1 is 1.06 bits per heavy atom. The van der Waals surface area contributed by atoms with Crippen molar-refractivity contribution in [1.29, 1.82) is 0 Å². The summed E-state index contributed by atoms with van der Waals surface area (Å²) in [7, 11) is 0. The van der Waals surface area contributed by atoms with Crippen LogP contribution in [0.4, 0.5) is 0 Å². The summed E-state index contributed by atoms with van der Waals surface area (Å²) in [5, 5.41) is 13.3. The Balaban J connectivity index is 1.77. The minimum absolute atomic E-state index is 0.0985. The van der Waals surface area contributed by atoms with Crippen LogP contribution in [0.5, 0.6) is 0 Å². The van der Waals surface area contributed by atoms with Crippen LogP contribution in [-0.4, -0.2) is 88.5 Å². The molecule has 3 heterocycles. The van der Waals surface area contributed by atoms with Crippen molar-refractivity contribution in [2.45, 2.75) is 108 Å². The molecule has 258 valence electrons. The standard InChI is InChI=1S/C34H51N7O5S/c1-6-19(4)28(35)31(44)38-25-16-23-22-12-9-10-13-24(22)39-33(23)47-18-21(8-3)37-27(42)17-36-32(45)29(20(5)7-2)40-30(43)26-14-11-15-41(26)34(25)46/h9-10,12-13,19-21,25-26,28-29,39H,6-8,11,14-18,35H2,1-5H3,(H,36,45)(H,37,42)(H,38,44)(H,40,43)/t19-,20-,21+,25-,26-,28-,29-/m0/s1. The van der Waals surface area contributed by atoms with Crippen molar-refractivity contribution in [3.8, 4) is 0 Å². The summed E-state index contributed by atoms with van der Waals surface area (Å²) in [6, 6.07) is 4.12. The molecule has 1 fully saturated rings. The van der Waals surface area contributed by atoms with Gasteiger partial charge in [-0.05, 0) is 42.7 Å². The molecule has 2 aliphatic rings. The molecule has 0 saturated carbocycles. The fourth-order valence-electron chi connectivity index (χ4n) is 6.14. The average Bonchev–Trinajstić information content (AvgIpc) is 3.71. The predicted molar refractivity (Wildman–Crippen MR) is 183 cm³/mol. The fourth-order valence-corrected chi connectivity index (χ4v) is 7.38. The van der Waals surface area contributed by atoms with Gasteiger partial charge in [0.25, 0.3) is 0 Å². The highest BCUT2D eigenvalue weighted by atomic mass is 32.2. The van der Waals surface area contributed by atoms with Gasteiger partial charge in [0.05, 0.1) is 17.6 Å². The fraction of sp³-hybridized carbons (Fsp3) is 0.618. The zero-order valence-corrected chi connectivity index (χ0v) is 29.0. The molecule has 1 saturated heterocycles. The van der Waals surface area contributed by atoms with Crippen LogP contribution in [0.15, 0.2) is 29.3 Å². The number of hydrogen-bond acceptors (Lipinski definition) is 7. The molecule has 12 nitrogen and oxygen atoms in total. The van der Waals surface area contributed by atoms with Crippen LogP contribution >= 0.6 is 11.8 Å². The number of aromatic nitrogens is 1. The van der Waals surface area contributed by atoms with E-state index in [0.29, 0.717) is 44.4 Å². The molecule has 0 aliphatic carbocycles. The lowest BCUT2D eigenvalue weighted by Crippen LogP contribution is -2.59. The summed E-state index contributed by atoms with van der Waals surface area (Å²) in [5.74, 6) is -1.75. The van der Waals surface area contributed by atoms with E-state index in [1.165, 1.54) is 16.7 Å². The van der Waals surface area contributed by atoms with Crippen molar-refractivity contribution in [1.82, 2.24) is 31.2 Å². The number of benzene rings is 1. The van der Waals surface area contributed by atoms with Gasteiger partial charge in [-0.2, -0.15) is 0 Å². The second kappa shape index (κ2) is 16.5. The Morgan fingerprint density at radius 2 is 1.81 bits per heavy atom. The molecule has 2 aliphatic heterocycles. The van der Waals surface area contributed by atoms with Gasteiger partial charge in [0.15, 0.2) is 0 Å². The predicted octanol–water partition coefficient (Wildman–Crippen LogP) is 2.21. The molecular weight excluding hydrogens is 618 g/mol. The van der Waals surface area contributed by atoms with Crippen molar-refractivity contribution in [3.05, 3.63) is 29.8 Å². The molecule has 7 N–H and O–H groups in total. The molecule has 0 radical (unpaired) electrons. The van der Waals surface area contributed by atoms with E-state index in [9.17, 15) is 24.0 Å². The molecule has 0 unspecified atom stereocenters. The molecule has 5 amide bonds. The van der Waals surface area contributed by atoms with E-state index in [1.54, 1.807) is 0 Å². The Bertz CT molecular complexity index is 1450. The second-order valence-corrected chi connectivity index (χ2v) is 13.9. The lowest BCUT2D eigenvalue weighted by molar-refractivity contribution is -0.142. The molecule has 0 bridgehead atoms. The summed E-state index contributed by atoms with van der Waals surface area (Å²) in [6.07, 6.45) is 3.18. The maximum atomic E-state index is 14.4. The Morgan fingerprint density at radius 3 is 2.51 bits per heavy atom. The average molecular weight is 670 g/mol. The molecule has 0 spiro atoms. The van der Waals surface area contributed by atoms with Gasteiger partial charge in [-0.15, -0.1) is 11.8 Å². The smallest absolute Gasteiger partial charge is 0.246 e. The third-order valence-electron chi connectivity index (χ3n) is 9.70. The van der Waals surface area contributed by atoms with Crippen LogP contribution < -0.4 is 27.0 Å². The second-order valence-electron chi connectivity index (χ2n) is 12.9. The monoisotopic (exact) mass is 669 g/mol. The van der Waals surface area contributed by atoms with Gasteiger partial charge in [0.1, 0.15) is 18.1 Å². The zero-order valence-electron chi connectivity index (χ0n) is 28.2. The van der Waals surface area contributed by atoms with E-state index >= 15 is 0 Å². The summed E-state index contributed by atoms with van der Waals surface area (Å²) >= 11 is 1.53. The lowest BCUT2D eigenvalue weighted by Gasteiger charge is -2.31. The first-order valence-corrected chi connectivity index (χ1v) is 17.9. The van der Waals surface area contributed by atoms with Crippen molar-refractivity contribution < 1.29 is 24.0 Å². The van der Waals surface area contributed by atoms with Gasteiger partial charge >= 0.3 is 0 Å². The highest BCUT2D eigenvalue weighted by molar-refractivity contribution is 7.99. The maximum Gasteiger partial charge on any atom is 0.246 e. The van der Waals surface area contributed by atoms with Crippen molar-refractivity contribution >= 4 is 52.2 Å². The molecule has 13 heteroatoms. The van der Waals surface area contributed by atoms with E-state index < -0.39 is 41.9 Å².